The third-order valence-electron chi connectivity index (χ3n) is 4.28. The molecule has 4 rings (SSSR count). The molecule has 0 unspecified atom stereocenters. The Morgan fingerprint density at radius 1 is 1.03 bits per heavy atom. The molecule has 0 fully saturated rings. The first kappa shape index (κ1) is 19.9. The third kappa shape index (κ3) is 4.12. The van der Waals surface area contributed by atoms with E-state index >= 15 is 0 Å². The van der Waals surface area contributed by atoms with E-state index in [4.69, 9.17) is 4.42 Å². The molecule has 0 radical (unpaired) electrons. The first-order chi connectivity index (χ1) is 14.4. The Balaban J connectivity index is 1.54. The third-order valence-corrected chi connectivity index (χ3v) is 7.05. The van der Waals surface area contributed by atoms with Crippen LogP contribution < -0.4 is 10.1 Å². The van der Waals surface area contributed by atoms with E-state index in [1.54, 1.807) is 30.5 Å². The Morgan fingerprint density at radius 2 is 1.80 bits per heavy atom. The van der Waals surface area contributed by atoms with Gasteiger partial charge < -0.3 is 4.42 Å². The number of nitrogens with zero attached hydrogens (tertiary/aromatic N) is 1. The number of carbonyl (C=O) groups excluding carboxylic acids is 1. The number of hydrogen-bond acceptors (Lipinski definition) is 6. The lowest BCUT2D eigenvalue weighted by Crippen LogP contribution is -2.22. The summed E-state index contributed by atoms with van der Waals surface area (Å²) in [5, 5.41) is 6.70. The van der Waals surface area contributed by atoms with Gasteiger partial charge >= 0.3 is 0 Å². The number of thiophene rings is 1. The molecule has 0 spiro atoms. The van der Waals surface area contributed by atoms with Crippen molar-refractivity contribution in [3.63, 3.8) is 0 Å². The van der Waals surface area contributed by atoms with Gasteiger partial charge in [0, 0.05) is 5.39 Å². The molecule has 0 saturated carbocycles. The molecule has 152 valence electrons. The number of carbonyl (C=O) groups is 1. The van der Waals surface area contributed by atoms with E-state index in [-0.39, 0.29) is 15.5 Å². The number of para-hydroxylation sites is 2. The lowest BCUT2D eigenvalue weighted by Gasteiger charge is -2.10. The summed E-state index contributed by atoms with van der Waals surface area (Å²) in [6.07, 6.45) is 0. The number of hydrazone groups is 1. The van der Waals surface area contributed by atoms with Crippen LogP contribution in [0.25, 0.3) is 11.0 Å². The quantitative estimate of drug-likeness (QED) is 0.342. The summed E-state index contributed by atoms with van der Waals surface area (Å²) in [7, 11) is -3.78. The highest BCUT2D eigenvalue weighted by molar-refractivity contribution is 7.94. The van der Waals surface area contributed by atoms with Crippen molar-refractivity contribution in [3.05, 3.63) is 83.4 Å². The van der Waals surface area contributed by atoms with E-state index in [1.807, 2.05) is 30.3 Å². The second-order valence-corrected chi connectivity index (χ2v) is 9.23. The van der Waals surface area contributed by atoms with Crippen molar-refractivity contribution in [2.24, 2.45) is 5.10 Å². The van der Waals surface area contributed by atoms with Crippen molar-refractivity contribution in [3.8, 4) is 0 Å². The summed E-state index contributed by atoms with van der Waals surface area (Å²) in [6, 6.07) is 18.9. The maximum Gasteiger partial charge on any atom is 0.273 e. The van der Waals surface area contributed by atoms with E-state index < -0.39 is 15.9 Å². The van der Waals surface area contributed by atoms with Gasteiger partial charge in [0.25, 0.3) is 15.9 Å². The largest absolute Gasteiger partial charge is 0.455 e. The van der Waals surface area contributed by atoms with Crippen LogP contribution in [0.2, 0.25) is 0 Å². The molecule has 30 heavy (non-hydrogen) atoms. The Labute approximate surface area is 177 Å². The smallest absolute Gasteiger partial charge is 0.273 e. The topological polar surface area (TPSA) is 101 Å². The molecule has 0 aliphatic rings. The molecule has 0 atom stereocenters. The summed E-state index contributed by atoms with van der Waals surface area (Å²) >= 11 is 1.09. The van der Waals surface area contributed by atoms with Crippen LogP contribution in [0.4, 0.5) is 5.69 Å². The highest BCUT2D eigenvalue weighted by Gasteiger charge is 2.19. The predicted octanol–water partition coefficient (Wildman–Crippen LogP) is 4.45. The zero-order valence-electron chi connectivity index (χ0n) is 15.8. The Bertz CT molecular complexity index is 1310. The minimum Gasteiger partial charge on any atom is -0.455 e. The van der Waals surface area contributed by atoms with Crippen molar-refractivity contribution in [1.82, 2.24) is 5.43 Å². The first-order valence-electron chi connectivity index (χ1n) is 8.93. The molecule has 2 aromatic heterocycles. The van der Waals surface area contributed by atoms with Crippen LogP contribution in [0, 0.1) is 0 Å². The van der Waals surface area contributed by atoms with Crippen LogP contribution >= 0.6 is 11.3 Å². The number of sulfonamides is 1. The summed E-state index contributed by atoms with van der Waals surface area (Å²) in [4.78, 5) is 12.7. The summed E-state index contributed by atoms with van der Waals surface area (Å²) in [6.45, 7) is 1.71. The molecular weight excluding hydrogens is 422 g/mol. The van der Waals surface area contributed by atoms with Gasteiger partial charge in [0.05, 0.1) is 11.3 Å². The molecule has 1 amide bonds. The predicted molar refractivity (Wildman–Crippen MR) is 117 cm³/mol. The second-order valence-electron chi connectivity index (χ2n) is 6.37. The number of furan rings is 1. The van der Waals surface area contributed by atoms with E-state index in [2.05, 4.69) is 15.2 Å². The van der Waals surface area contributed by atoms with Crippen LogP contribution in [0.5, 0.6) is 0 Å². The highest BCUT2D eigenvalue weighted by Crippen LogP contribution is 2.23. The minimum atomic E-state index is -3.78. The molecule has 0 aliphatic carbocycles. The maximum atomic E-state index is 12.7. The Morgan fingerprint density at radius 3 is 2.57 bits per heavy atom. The van der Waals surface area contributed by atoms with Gasteiger partial charge in [0.15, 0.2) is 5.76 Å². The molecular formula is C21H17N3O4S2. The zero-order valence-corrected chi connectivity index (χ0v) is 17.5. The standard InChI is InChI=1S/C21H17N3O4S2/c1-14(19-13-15-7-2-5-10-18(15)28-19)22-23-21(25)16-8-3-4-9-17(16)24-30(26,27)20-11-6-12-29-20/h2-13,24H,1H3,(H,23,25)/b22-14+. The summed E-state index contributed by atoms with van der Waals surface area (Å²) in [5.74, 6) is -0.0156. The number of fused-ring (bicyclic) bond motifs is 1. The molecule has 4 aromatic rings. The van der Waals surface area contributed by atoms with Crippen LogP contribution in [0.1, 0.15) is 23.0 Å². The van der Waals surface area contributed by atoms with Crippen LogP contribution in [0.15, 0.2) is 85.8 Å². The average Bonchev–Trinajstić information content (AvgIpc) is 3.42. The van der Waals surface area contributed by atoms with Crippen molar-refractivity contribution >= 4 is 49.6 Å². The van der Waals surface area contributed by atoms with E-state index in [0.29, 0.717) is 11.5 Å². The molecule has 7 nitrogen and oxygen atoms in total. The normalized spacial score (nSPS) is 12.1. The minimum absolute atomic E-state index is 0.152. The van der Waals surface area contributed by atoms with E-state index in [0.717, 1.165) is 22.3 Å². The fourth-order valence-electron chi connectivity index (χ4n) is 2.79. The molecule has 2 heterocycles. The van der Waals surface area contributed by atoms with Gasteiger partial charge in [-0.1, -0.05) is 36.4 Å². The first-order valence-corrected chi connectivity index (χ1v) is 11.3. The van der Waals surface area contributed by atoms with Crippen LogP contribution in [0.3, 0.4) is 0 Å². The fourth-order valence-corrected chi connectivity index (χ4v) is 4.86. The molecule has 0 bridgehead atoms. The van der Waals surface area contributed by atoms with Crippen LogP contribution in [-0.4, -0.2) is 20.0 Å². The number of hydrogen-bond donors (Lipinski definition) is 2. The molecule has 2 N–H and O–H groups in total. The van der Waals surface area contributed by atoms with Gasteiger partial charge in [-0.3, -0.25) is 9.52 Å². The van der Waals surface area contributed by atoms with Crippen molar-refractivity contribution in [2.45, 2.75) is 11.1 Å². The maximum absolute atomic E-state index is 12.7. The average molecular weight is 440 g/mol. The fraction of sp³-hybridized carbons (Fsp3) is 0.0476. The SMILES string of the molecule is C/C(=N\NC(=O)c1ccccc1NS(=O)(=O)c1cccs1)c1cc2ccccc2o1. The van der Waals surface area contributed by atoms with Crippen LogP contribution in [-0.2, 0) is 10.0 Å². The lowest BCUT2D eigenvalue weighted by molar-refractivity contribution is 0.0955. The van der Waals surface area contributed by atoms with Gasteiger partial charge in [-0.15, -0.1) is 11.3 Å². The van der Waals surface area contributed by atoms with Gasteiger partial charge in [-0.05, 0) is 42.6 Å². The van der Waals surface area contributed by atoms with Crippen molar-refractivity contribution in [1.29, 1.82) is 0 Å². The molecule has 9 heteroatoms. The van der Waals surface area contributed by atoms with Crippen molar-refractivity contribution < 1.29 is 17.6 Å². The van der Waals surface area contributed by atoms with Gasteiger partial charge in [0.2, 0.25) is 0 Å². The van der Waals surface area contributed by atoms with Gasteiger partial charge in [-0.25, -0.2) is 13.8 Å². The second kappa shape index (κ2) is 8.13. The number of nitrogens with one attached hydrogen (secondary N) is 2. The van der Waals surface area contributed by atoms with Crippen molar-refractivity contribution in [2.75, 3.05) is 4.72 Å². The summed E-state index contributed by atoms with van der Waals surface area (Å²) < 4.78 is 33.4. The number of amides is 1. The monoisotopic (exact) mass is 439 g/mol. The molecule has 2 aromatic carbocycles. The highest BCUT2D eigenvalue weighted by atomic mass is 32.2. The zero-order chi connectivity index (χ0) is 21.1. The number of benzene rings is 2. The number of anilines is 1. The molecule has 0 saturated heterocycles. The van der Waals surface area contributed by atoms with Gasteiger partial charge in [-0.2, -0.15) is 5.10 Å². The summed E-state index contributed by atoms with van der Waals surface area (Å²) in [5.41, 5.74) is 3.98. The number of rotatable bonds is 6. The van der Waals surface area contributed by atoms with E-state index in [1.165, 1.54) is 18.2 Å². The lowest BCUT2D eigenvalue weighted by atomic mass is 10.2. The Hall–Kier alpha value is -3.43. The molecule has 0 aliphatic heterocycles. The Kier molecular flexibility index (Phi) is 5.39. The van der Waals surface area contributed by atoms with Gasteiger partial charge in [0.1, 0.15) is 15.5 Å². The van der Waals surface area contributed by atoms with E-state index in [9.17, 15) is 13.2 Å².